The monoisotopic (exact) mass is 444 g/mol. The van der Waals surface area contributed by atoms with Gasteiger partial charge < -0.3 is 19.5 Å². The predicted molar refractivity (Wildman–Crippen MR) is 120 cm³/mol. The van der Waals surface area contributed by atoms with Crippen LogP contribution in [0.2, 0.25) is 5.02 Å². The average molecular weight is 445 g/mol. The Bertz CT molecular complexity index is 1090. The number of imidazole rings is 1. The van der Waals surface area contributed by atoms with E-state index < -0.39 is 11.7 Å². The molecule has 2 heterocycles. The van der Waals surface area contributed by atoms with Crippen molar-refractivity contribution in [2.75, 3.05) is 18.0 Å². The van der Waals surface area contributed by atoms with E-state index in [0.717, 1.165) is 29.9 Å². The molecule has 1 fully saturated rings. The maximum atomic E-state index is 14.5. The normalized spacial score (nSPS) is 16.7. The number of nitrogens with one attached hydrogen (secondary N) is 1. The first-order valence-corrected chi connectivity index (χ1v) is 10.7. The molecule has 1 aliphatic rings. The lowest BCUT2D eigenvalue weighted by Crippen LogP contribution is -2.40. The highest BCUT2D eigenvalue weighted by molar-refractivity contribution is 6.31. The van der Waals surface area contributed by atoms with E-state index >= 15 is 0 Å². The minimum atomic E-state index is -0.546. The Labute approximate surface area is 186 Å². The number of hydrogen-bond donors (Lipinski definition) is 1. The Morgan fingerprint density at radius 3 is 2.77 bits per heavy atom. The first-order valence-electron chi connectivity index (χ1n) is 10.3. The van der Waals surface area contributed by atoms with Gasteiger partial charge in [-0.15, -0.1) is 0 Å². The maximum absolute atomic E-state index is 14.5. The molecule has 2 aromatic carbocycles. The van der Waals surface area contributed by atoms with Crippen LogP contribution in [0, 0.1) is 5.82 Å². The number of fused-ring (bicyclic) bond motifs is 1. The molecule has 164 valence electrons. The zero-order chi connectivity index (χ0) is 22.2. The third kappa shape index (κ3) is 4.77. The highest BCUT2D eigenvalue weighted by atomic mass is 35.5. The Morgan fingerprint density at radius 2 is 2.03 bits per heavy atom. The van der Waals surface area contributed by atoms with Crippen molar-refractivity contribution < 1.29 is 13.9 Å². The number of rotatable bonds is 4. The van der Waals surface area contributed by atoms with Crippen LogP contribution in [0.25, 0.3) is 11.0 Å². The van der Waals surface area contributed by atoms with Gasteiger partial charge >= 0.3 is 6.09 Å². The van der Waals surface area contributed by atoms with Gasteiger partial charge in [-0.1, -0.05) is 29.8 Å². The molecule has 3 aromatic rings. The van der Waals surface area contributed by atoms with Gasteiger partial charge in [-0.2, -0.15) is 0 Å². The second kappa shape index (κ2) is 8.38. The molecule has 0 spiro atoms. The average Bonchev–Trinajstić information content (AvgIpc) is 3.27. The van der Waals surface area contributed by atoms with E-state index in [4.69, 9.17) is 21.3 Å². The number of nitrogens with zero attached hydrogens (tertiary/aromatic N) is 3. The van der Waals surface area contributed by atoms with Crippen LogP contribution in [-0.2, 0) is 11.3 Å². The van der Waals surface area contributed by atoms with Crippen LogP contribution in [0.1, 0.15) is 32.8 Å². The SMILES string of the molecule is CC(C)(C)OC(=O)N[C@H]1CCN(c2nc3ccccc3n2Cc2c(F)cccc2Cl)C1. The van der Waals surface area contributed by atoms with Gasteiger partial charge in [-0.25, -0.2) is 14.2 Å². The molecule has 0 radical (unpaired) electrons. The lowest BCUT2D eigenvalue weighted by atomic mass is 10.2. The summed E-state index contributed by atoms with van der Waals surface area (Å²) in [6.07, 6.45) is 0.342. The molecular weight excluding hydrogens is 419 g/mol. The minimum absolute atomic E-state index is 0.0554. The van der Waals surface area contributed by atoms with Crippen molar-refractivity contribution in [3.8, 4) is 0 Å². The smallest absolute Gasteiger partial charge is 0.407 e. The van der Waals surface area contributed by atoms with Crippen molar-refractivity contribution >= 4 is 34.7 Å². The van der Waals surface area contributed by atoms with Crippen molar-refractivity contribution in [3.63, 3.8) is 0 Å². The Balaban J connectivity index is 1.60. The van der Waals surface area contributed by atoms with Crippen molar-refractivity contribution in [2.24, 2.45) is 0 Å². The lowest BCUT2D eigenvalue weighted by molar-refractivity contribution is 0.0509. The van der Waals surface area contributed by atoms with Crippen LogP contribution >= 0.6 is 11.6 Å². The summed E-state index contributed by atoms with van der Waals surface area (Å²) in [7, 11) is 0. The zero-order valence-corrected chi connectivity index (χ0v) is 18.6. The van der Waals surface area contributed by atoms with Gasteiger partial charge in [-0.05, 0) is 51.5 Å². The molecule has 4 rings (SSSR count). The standard InChI is InChI=1S/C23H26ClFN4O2/c1-23(2,3)31-22(30)26-15-11-12-28(13-15)21-27-19-9-4-5-10-20(19)29(21)14-16-17(24)7-6-8-18(16)25/h4-10,15H,11-14H2,1-3H3,(H,26,30)/t15-/m0/s1. The quantitative estimate of drug-likeness (QED) is 0.616. The van der Waals surface area contributed by atoms with E-state index in [1.54, 1.807) is 12.1 Å². The van der Waals surface area contributed by atoms with Crippen LogP contribution in [0.5, 0.6) is 0 Å². The van der Waals surface area contributed by atoms with Gasteiger partial charge in [0.1, 0.15) is 11.4 Å². The topological polar surface area (TPSA) is 59.4 Å². The van der Waals surface area contributed by atoms with Crippen molar-refractivity contribution in [2.45, 2.75) is 45.4 Å². The van der Waals surface area contributed by atoms with E-state index in [0.29, 0.717) is 17.1 Å². The number of hydrogen-bond acceptors (Lipinski definition) is 4. The van der Waals surface area contributed by atoms with Gasteiger partial charge in [-0.3, -0.25) is 0 Å². The lowest BCUT2D eigenvalue weighted by Gasteiger charge is -2.22. The van der Waals surface area contributed by atoms with E-state index in [9.17, 15) is 9.18 Å². The first kappa shape index (κ1) is 21.4. The number of alkyl carbamates (subject to hydrolysis) is 1. The number of para-hydroxylation sites is 2. The summed E-state index contributed by atoms with van der Waals surface area (Å²) in [5, 5.41) is 3.32. The molecule has 0 saturated carbocycles. The summed E-state index contributed by atoms with van der Waals surface area (Å²) < 4.78 is 21.9. The maximum Gasteiger partial charge on any atom is 0.407 e. The number of halogens is 2. The highest BCUT2D eigenvalue weighted by Crippen LogP contribution is 2.29. The molecule has 1 atom stereocenters. The van der Waals surface area contributed by atoms with E-state index in [2.05, 4.69) is 10.2 Å². The number of aromatic nitrogens is 2. The van der Waals surface area contributed by atoms with Gasteiger partial charge in [0.15, 0.2) is 0 Å². The van der Waals surface area contributed by atoms with Gasteiger partial charge in [0, 0.05) is 23.7 Å². The van der Waals surface area contributed by atoms with Gasteiger partial charge in [0.2, 0.25) is 5.95 Å². The molecule has 31 heavy (non-hydrogen) atoms. The Kier molecular flexibility index (Phi) is 5.79. The fourth-order valence-electron chi connectivity index (χ4n) is 3.84. The van der Waals surface area contributed by atoms with Crippen LogP contribution in [-0.4, -0.2) is 40.4 Å². The predicted octanol–water partition coefficient (Wildman–Crippen LogP) is 4.98. The molecule has 1 amide bonds. The Morgan fingerprint density at radius 1 is 1.26 bits per heavy atom. The van der Waals surface area contributed by atoms with Crippen LogP contribution in [0.3, 0.4) is 0 Å². The summed E-state index contributed by atoms with van der Waals surface area (Å²) in [6.45, 7) is 7.08. The second-order valence-corrected chi connectivity index (χ2v) is 9.17. The fourth-order valence-corrected chi connectivity index (χ4v) is 4.06. The zero-order valence-electron chi connectivity index (χ0n) is 17.9. The third-order valence-electron chi connectivity index (χ3n) is 5.20. The molecule has 1 aromatic heterocycles. The van der Waals surface area contributed by atoms with Crippen molar-refractivity contribution in [1.29, 1.82) is 0 Å². The molecular formula is C23H26ClFN4O2. The molecule has 0 aliphatic carbocycles. The molecule has 6 nitrogen and oxygen atoms in total. The minimum Gasteiger partial charge on any atom is -0.444 e. The number of carbonyl (C=O) groups excluding carboxylic acids is 1. The Hall–Kier alpha value is -2.80. The first-order chi connectivity index (χ1) is 14.7. The van der Waals surface area contributed by atoms with E-state index in [-0.39, 0.29) is 18.4 Å². The summed E-state index contributed by atoms with van der Waals surface area (Å²) >= 11 is 6.29. The van der Waals surface area contributed by atoms with Crippen LogP contribution < -0.4 is 10.2 Å². The number of ether oxygens (including phenoxy) is 1. The van der Waals surface area contributed by atoms with Crippen molar-refractivity contribution in [1.82, 2.24) is 14.9 Å². The largest absolute Gasteiger partial charge is 0.444 e. The third-order valence-corrected chi connectivity index (χ3v) is 5.56. The number of amides is 1. The van der Waals surface area contributed by atoms with Gasteiger partial charge in [0.05, 0.1) is 23.6 Å². The van der Waals surface area contributed by atoms with Crippen LogP contribution in [0.4, 0.5) is 15.1 Å². The number of anilines is 1. The molecule has 1 N–H and O–H groups in total. The molecule has 1 aliphatic heterocycles. The summed E-state index contributed by atoms with van der Waals surface area (Å²) in [6, 6.07) is 12.4. The molecule has 0 unspecified atom stereocenters. The summed E-state index contributed by atoms with van der Waals surface area (Å²) in [5.41, 5.74) is 1.61. The van der Waals surface area contributed by atoms with E-state index in [1.807, 2.05) is 49.6 Å². The van der Waals surface area contributed by atoms with Crippen LogP contribution in [0.15, 0.2) is 42.5 Å². The van der Waals surface area contributed by atoms with E-state index in [1.165, 1.54) is 6.07 Å². The number of benzene rings is 2. The van der Waals surface area contributed by atoms with Gasteiger partial charge in [0.25, 0.3) is 0 Å². The molecule has 1 saturated heterocycles. The summed E-state index contributed by atoms with van der Waals surface area (Å²) in [5.74, 6) is 0.385. The van der Waals surface area contributed by atoms with Crippen molar-refractivity contribution in [3.05, 3.63) is 58.9 Å². The molecule has 0 bridgehead atoms. The molecule has 8 heteroatoms. The fraction of sp³-hybridized carbons (Fsp3) is 0.391. The summed E-state index contributed by atoms with van der Waals surface area (Å²) in [4.78, 5) is 19.1. The highest BCUT2D eigenvalue weighted by Gasteiger charge is 2.29. The number of carbonyl (C=O) groups is 1. The second-order valence-electron chi connectivity index (χ2n) is 8.76.